The van der Waals surface area contributed by atoms with Crippen molar-refractivity contribution < 1.29 is 4.79 Å². The quantitative estimate of drug-likeness (QED) is 0.792. The van der Waals surface area contributed by atoms with E-state index < -0.39 is 0 Å². The number of amides is 1. The van der Waals surface area contributed by atoms with Crippen LogP contribution in [0.1, 0.15) is 18.4 Å². The van der Waals surface area contributed by atoms with E-state index in [1.54, 1.807) is 0 Å². The Morgan fingerprint density at radius 2 is 1.85 bits per heavy atom. The molecule has 1 aliphatic heterocycles. The van der Waals surface area contributed by atoms with E-state index in [1.165, 1.54) is 34.6 Å². The monoisotopic (exact) mass is 347 g/mol. The van der Waals surface area contributed by atoms with Crippen molar-refractivity contribution >= 4 is 27.7 Å². The second-order valence-electron chi connectivity index (χ2n) is 8.07. The number of carbonyl (C=O) groups is 1. The van der Waals surface area contributed by atoms with E-state index in [0.717, 1.165) is 24.6 Å². The number of likely N-dealkylation sites (tertiary alicyclic amines) is 1. The third-order valence-electron chi connectivity index (χ3n) is 6.33. The third-order valence-corrected chi connectivity index (χ3v) is 6.33. The number of hydrogen-bond acceptors (Lipinski definition) is 2. The lowest BCUT2D eigenvalue weighted by molar-refractivity contribution is -0.129. The summed E-state index contributed by atoms with van der Waals surface area (Å²) >= 11 is 0. The van der Waals surface area contributed by atoms with Gasteiger partial charge >= 0.3 is 0 Å². The minimum atomic E-state index is 0.159. The van der Waals surface area contributed by atoms with Crippen molar-refractivity contribution in [1.82, 2.24) is 9.47 Å². The van der Waals surface area contributed by atoms with E-state index >= 15 is 0 Å². The summed E-state index contributed by atoms with van der Waals surface area (Å²) in [6.45, 7) is 1.57. The maximum absolute atomic E-state index is 12.8. The lowest BCUT2D eigenvalue weighted by Gasteiger charge is -2.16. The van der Waals surface area contributed by atoms with Crippen molar-refractivity contribution in [3.63, 3.8) is 0 Å². The number of benzene rings is 2. The van der Waals surface area contributed by atoms with Crippen molar-refractivity contribution in [2.75, 3.05) is 13.1 Å². The number of nitrogens with zero attached hydrogens (tertiary/aromatic N) is 2. The van der Waals surface area contributed by atoms with Crippen LogP contribution in [0.3, 0.4) is 0 Å². The molecular weight excluding hydrogens is 322 g/mol. The molecule has 1 saturated heterocycles. The SMILES string of the molecule is Cn1c2ccccc2c2cc(CC(=O)N3CC(N)C(C4CC4)C3)ccc21. The molecule has 2 N–H and O–H groups in total. The molecule has 2 atom stereocenters. The van der Waals surface area contributed by atoms with Crippen LogP contribution in [0, 0.1) is 11.8 Å². The molecule has 4 heteroatoms. The van der Waals surface area contributed by atoms with Crippen molar-refractivity contribution in [2.24, 2.45) is 24.6 Å². The lowest BCUT2D eigenvalue weighted by atomic mass is 9.99. The van der Waals surface area contributed by atoms with E-state index in [1.807, 2.05) is 4.90 Å². The molecule has 26 heavy (non-hydrogen) atoms. The van der Waals surface area contributed by atoms with Gasteiger partial charge in [0.15, 0.2) is 0 Å². The summed E-state index contributed by atoms with van der Waals surface area (Å²) in [6.07, 6.45) is 3.04. The van der Waals surface area contributed by atoms with Gasteiger partial charge in [-0.25, -0.2) is 0 Å². The average molecular weight is 347 g/mol. The summed E-state index contributed by atoms with van der Waals surface area (Å²) in [5.74, 6) is 1.48. The molecule has 5 rings (SSSR count). The molecule has 2 aromatic carbocycles. The summed E-state index contributed by atoms with van der Waals surface area (Å²) in [4.78, 5) is 14.8. The molecule has 2 aliphatic rings. The number of carbonyl (C=O) groups excluding carboxylic acids is 1. The number of para-hydroxylation sites is 1. The highest BCUT2D eigenvalue weighted by atomic mass is 16.2. The Morgan fingerprint density at radius 1 is 1.08 bits per heavy atom. The summed E-state index contributed by atoms with van der Waals surface area (Å²) in [6, 6.07) is 15.0. The van der Waals surface area contributed by atoms with Gasteiger partial charge in [0, 0.05) is 48.0 Å². The molecule has 0 bridgehead atoms. The molecule has 1 aliphatic carbocycles. The van der Waals surface area contributed by atoms with Gasteiger partial charge in [0.05, 0.1) is 6.42 Å². The van der Waals surface area contributed by atoms with Gasteiger partial charge in [0.2, 0.25) is 5.91 Å². The van der Waals surface area contributed by atoms with Gasteiger partial charge < -0.3 is 15.2 Å². The summed E-state index contributed by atoms with van der Waals surface area (Å²) in [7, 11) is 2.10. The van der Waals surface area contributed by atoms with Gasteiger partial charge in [-0.1, -0.05) is 24.3 Å². The number of aromatic nitrogens is 1. The van der Waals surface area contributed by atoms with Gasteiger partial charge in [-0.05, 0) is 48.4 Å². The molecule has 134 valence electrons. The van der Waals surface area contributed by atoms with E-state index in [-0.39, 0.29) is 11.9 Å². The molecule has 2 heterocycles. The maximum Gasteiger partial charge on any atom is 0.227 e. The van der Waals surface area contributed by atoms with Crippen LogP contribution in [-0.2, 0) is 18.3 Å². The number of nitrogens with two attached hydrogens (primary N) is 1. The molecule has 1 aromatic heterocycles. The van der Waals surface area contributed by atoms with Crippen molar-refractivity contribution in [1.29, 1.82) is 0 Å². The van der Waals surface area contributed by atoms with E-state index in [2.05, 4.69) is 54.1 Å². The average Bonchev–Trinajstić information content (AvgIpc) is 3.36. The zero-order chi connectivity index (χ0) is 17.8. The normalized spacial score (nSPS) is 23.2. The molecular formula is C22H25N3O. The van der Waals surface area contributed by atoms with E-state index in [4.69, 9.17) is 5.73 Å². The minimum Gasteiger partial charge on any atom is -0.344 e. The van der Waals surface area contributed by atoms with Crippen LogP contribution < -0.4 is 5.73 Å². The zero-order valence-corrected chi connectivity index (χ0v) is 15.2. The van der Waals surface area contributed by atoms with Crippen LogP contribution in [0.5, 0.6) is 0 Å². The Labute approximate surface area is 153 Å². The number of rotatable bonds is 3. The first-order valence-electron chi connectivity index (χ1n) is 9.61. The van der Waals surface area contributed by atoms with Crippen LogP contribution in [0.4, 0.5) is 0 Å². The molecule has 1 amide bonds. The Morgan fingerprint density at radius 3 is 2.65 bits per heavy atom. The fourth-order valence-electron chi connectivity index (χ4n) is 4.69. The fraction of sp³-hybridized carbons (Fsp3) is 0.409. The van der Waals surface area contributed by atoms with Gasteiger partial charge in [-0.15, -0.1) is 0 Å². The second-order valence-corrected chi connectivity index (χ2v) is 8.07. The molecule has 3 aromatic rings. The number of fused-ring (bicyclic) bond motifs is 3. The molecule has 0 radical (unpaired) electrons. The van der Waals surface area contributed by atoms with E-state index in [9.17, 15) is 4.79 Å². The van der Waals surface area contributed by atoms with Gasteiger partial charge in [-0.2, -0.15) is 0 Å². The fourth-order valence-corrected chi connectivity index (χ4v) is 4.69. The Balaban J connectivity index is 1.41. The van der Waals surface area contributed by atoms with Crippen molar-refractivity contribution in [2.45, 2.75) is 25.3 Å². The highest BCUT2D eigenvalue weighted by Crippen LogP contribution is 2.41. The summed E-state index contributed by atoms with van der Waals surface area (Å²) in [5, 5.41) is 2.47. The van der Waals surface area contributed by atoms with E-state index in [0.29, 0.717) is 12.3 Å². The molecule has 1 saturated carbocycles. The Hall–Kier alpha value is -2.33. The number of aryl methyl sites for hydroxylation is 1. The molecule has 2 fully saturated rings. The first-order chi connectivity index (χ1) is 12.6. The standard InChI is InChI=1S/C22H25N3O/c1-24-20-5-3-2-4-16(20)17-10-14(6-9-21(17)24)11-22(26)25-12-18(15-7-8-15)19(23)13-25/h2-6,9-10,15,18-19H,7-8,11-13,23H2,1H3. The summed E-state index contributed by atoms with van der Waals surface area (Å²) < 4.78 is 2.22. The highest BCUT2D eigenvalue weighted by molar-refractivity contribution is 6.08. The van der Waals surface area contributed by atoms with Gasteiger partial charge in [-0.3, -0.25) is 4.79 Å². The largest absolute Gasteiger partial charge is 0.344 e. The Kier molecular flexibility index (Phi) is 3.57. The van der Waals surface area contributed by atoms with Crippen molar-refractivity contribution in [3.8, 4) is 0 Å². The first kappa shape index (κ1) is 15.9. The minimum absolute atomic E-state index is 0.159. The maximum atomic E-state index is 12.8. The predicted octanol–water partition coefficient (Wildman–Crippen LogP) is 3.07. The molecule has 0 spiro atoms. The van der Waals surface area contributed by atoms with Crippen LogP contribution in [0.25, 0.3) is 21.8 Å². The van der Waals surface area contributed by atoms with Crippen LogP contribution in [0.2, 0.25) is 0 Å². The zero-order valence-electron chi connectivity index (χ0n) is 15.2. The van der Waals surface area contributed by atoms with Crippen LogP contribution >= 0.6 is 0 Å². The van der Waals surface area contributed by atoms with Gasteiger partial charge in [0.25, 0.3) is 0 Å². The summed E-state index contributed by atoms with van der Waals surface area (Å²) in [5.41, 5.74) is 9.80. The number of hydrogen-bond donors (Lipinski definition) is 1. The lowest BCUT2D eigenvalue weighted by Crippen LogP contribution is -2.33. The molecule has 2 unspecified atom stereocenters. The smallest absolute Gasteiger partial charge is 0.227 e. The van der Waals surface area contributed by atoms with Crippen LogP contribution in [0.15, 0.2) is 42.5 Å². The van der Waals surface area contributed by atoms with Gasteiger partial charge in [0.1, 0.15) is 0 Å². The predicted molar refractivity (Wildman–Crippen MR) is 105 cm³/mol. The third kappa shape index (κ3) is 2.52. The molecule has 4 nitrogen and oxygen atoms in total. The second kappa shape index (κ2) is 5.85. The van der Waals surface area contributed by atoms with Crippen molar-refractivity contribution in [3.05, 3.63) is 48.0 Å². The first-order valence-corrected chi connectivity index (χ1v) is 9.61. The Bertz CT molecular complexity index is 1000. The topological polar surface area (TPSA) is 51.3 Å². The highest BCUT2D eigenvalue weighted by Gasteiger charge is 2.41. The van der Waals surface area contributed by atoms with Crippen LogP contribution in [-0.4, -0.2) is 34.5 Å².